The van der Waals surface area contributed by atoms with Crippen LogP contribution in [0.1, 0.15) is 0 Å². The molecule has 1 aliphatic heterocycles. The Bertz CT molecular complexity index is 118. The van der Waals surface area contributed by atoms with E-state index < -0.39 is 0 Å². The van der Waals surface area contributed by atoms with Crippen LogP contribution in [-0.4, -0.2) is 36.8 Å². The van der Waals surface area contributed by atoms with Crippen molar-refractivity contribution in [2.75, 3.05) is 26.3 Å². The molecule has 1 unspecified atom stereocenters. The average molecular weight is 147 g/mol. The number of hydrogen-bond acceptors (Lipinski definition) is 3. The molecule has 1 aliphatic rings. The third-order valence-corrected chi connectivity index (χ3v) is 1.61. The highest BCUT2D eigenvalue weighted by Crippen LogP contribution is 2.00. The number of carbonyl (C=O) groups is 1. The van der Waals surface area contributed by atoms with Crippen LogP contribution >= 0.6 is 9.39 Å². The minimum atomic E-state index is 0.155. The number of ketones is 1. The van der Waals surface area contributed by atoms with Crippen LogP contribution in [0.3, 0.4) is 0 Å². The molecule has 0 aromatic carbocycles. The fourth-order valence-corrected chi connectivity index (χ4v) is 1.03. The van der Waals surface area contributed by atoms with Crippen LogP contribution in [-0.2, 0) is 9.53 Å². The highest BCUT2D eigenvalue weighted by Gasteiger charge is 2.10. The standard InChI is InChI=1S/C5H10NO2P/c7-5-3-6(9)1-2-8-4-5/h1-4,9H2. The van der Waals surface area contributed by atoms with Crippen LogP contribution in [0.5, 0.6) is 0 Å². The van der Waals surface area contributed by atoms with Crippen molar-refractivity contribution >= 4 is 15.2 Å². The SMILES string of the molecule is O=C1COCCN(P)C1. The van der Waals surface area contributed by atoms with Crippen molar-refractivity contribution in [2.24, 2.45) is 0 Å². The molecule has 4 heteroatoms. The van der Waals surface area contributed by atoms with Gasteiger partial charge < -0.3 is 4.74 Å². The van der Waals surface area contributed by atoms with Crippen LogP contribution in [0, 0.1) is 0 Å². The van der Waals surface area contributed by atoms with Crippen molar-refractivity contribution in [3.8, 4) is 0 Å². The molecule has 9 heavy (non-hydrogen) atoms. The van der Waals surface area contributed by atoms with Crippen molar-refractivity contribution in [1.82, 2.24) is 4.67 Å². The zero-order valence-electron chi connectivity index (χ0n) is 5.17. The van der Waals surface area contributed by atoms with Crippen LogP contribution in [0.15, 0.2) is 0 Å². The molecule has 3 nitrogen and oxygen atoms in total. The molecule has 0 bridgehead atoms. The Kier molecular flexibility index (Phi) is 2.58. The van der Waals surface area contributed by atoms with Gasteiger partial charge in [0.2, 0.25) is 0 Å². The van der Waals surface area contributed by atoms with Crippen molar-refractivity contribution in [3.05, 3.63) is 0 Å². The summed E-state index contributed by atoms with van der Waals surface area (Å²) < 4.78 is 6.86. The minimum Gasteiger partial charge on any atom is -0.372 e. The van der Waals surface area contributed by atoms with Gasteiger partial charge in [0.1, 0.15) is 6.61 Å². The van der Waals surface area contributed by atoms with Gasteiger partial charge in [0.25, 0.3) is 0 Å². The topological polar surface area (TPSA) is 29.5 Å². The second kappa shape index (κ2) is 3.25. The lowest BCUT2D eigenvalue weighted by Gasteiger charge is -2.08. The normalized spacial score (nSPS) is 23.9. The van der Waals surface area contributed by atoms with E-state index in [-0.39, 0.29) is 12.4 Å². The number of nitrogens with zero attached hydrogens (tertiary/aromatic N) is 1. The molecule has 0 radical (unpaired) electrons. The van der Waals surface area contributed by atoms with Gasteiger partial charge in [-0.05, 0) is 0 Å². The third-order valence-electron chi connectivity index (χ3n) is 1.17. The third kappa shape index (κ3) is 2.39. The highest BCUT2D eigenvalue weighted by molar-refractivity contribution is 7.13. The number of ether oxygens (including phenoxy) is 1. The van der Waals surface area contributed by atoms with E-state index >= 15 is 0 Å². The first-order valence-corrected chi connectivity index (χ1v) is 3.40. The molecule has 0 amide bonds. The maximum absolute atomic E-state index is 10.7. The lowest BCUT2D eigenvalue weighted by atomic mass is 10.4. The smallest absolute Gasteiger partial charge is 0.172 e. The van der Waals surface area contributed by atoms with Crippen molar-refractivity contribution in [1.29, 1.82) is 0 Å². The molecule has 0 N–H and O–H groups in total. The fourth-order valence-electron chi connectivity index (χ4n) is 0.719. The average Bonchev–Trinajstić information content (AvgIpc) is 1.93. The Hall–Kier alpha value is 0.0200. The van der Waals surface area contributed by atoms with Gasteiger partial charge in [-0.3, -0.25) is 9.46 Å². The monoisotopic (exact) mass is 147 g/mol. The summed E-state index contributed by atoms with van der Waals surface area (Å²) in [4.78, 5) is 10.7. The van der Waals surface area contributed by atoms with E-state index in [1.165, 1.54) is 0 Å². The van der Waals surface area contributed by atoms with Gasteiger partial charge in [0.05, 0.1) is 13.2 Å². The summed E-state index contributed by atoms with van der Waals surface area (Å²) >= 11 is 0. The molecular weight excluding hydrogens is 137 g/mol. The number of rotatable bonds is 0. The van der Waals surface area contributed by atoms with Crippen molar-refractivity contribution in [2.45, 2.75) is 0 Å². The zero-order chi connectivity index (χ0) is 6.69. The first-order chi connectivity index (χ1) is 4.29. The van der Waals surface area contributed by atoms with Crippen LogP contribution in [0.4, 0.5) is 0 Å². The Balaban J connectivity index is 2.37. The predicted octanol–water partition coefficient (Wildman–Crippen LogP) is -0.322. The number of hydrogen-bond donors (Lipinski definition) is 0. The lowest BCUT2D eigenvalue weighted by Crippen LogP contribution is -2.20. The first kappa shape index (κ1) is 7.13. The van der Waals surface area contributed by atoms with Crippen molar-refractivity contribution < 1.29 is 9.53 Å². The second-order valence-electron chi connectivity index (χ2n) is 2.06. The Morgan fingerprint density at radius 2 is 2.44 bits per heavy atom. The van der Waals surface area contributed by atoms with Crippen LogP contribution in [0.25, 0.3) is 0 Å². The van der Waals surface area contributed by atoms with Gasteiger partial charge in [-0.15, -0.1) is 0 Å². The van der Waals surface area contributed by atoms with E-state index in [0.29, 0.717) is 13.2 Å². The Morgan fingerprint density at radius 3 is 3.22 bits per heavy atom. The summed E-state index contributed by atoms with van der Waals surface area (Å²) in [6.45, 7) is 2.28. The molecule has 1 rings (SSSR count). The Labute approximate surface area is 56.6 Å². The fraction of sp³-hybridized carbons (Fsp3) is 0.800. The molecular formula is C5H10NO2P. The second-order valence-corrected chi connectivity index (χ2v) is 2.79. The summed E-state index contributed by atoms with van der Waals surface area (Å²) in [7, 11) is 2.50. The summed E-state index contributed by atoms with van der Waals surface area (Å²) in [6.07, 6.45) is 0. The molecule has 1 fully saturated rings. The molecule has 0 aromatic rings. The van der Waals surface area contributed by atoms with E-state index in [1.807, 2.05) is 4.67 Å². The van der Waals surface area contributed by atoms with E-state index in [1.54, 1.807) is 0 Å². The van der Waals surface area contributed by atoms with Crippen molar-refractivity contribution in [3.63, 3.8) is 0 Å². The summed E-state index contributed by atoms with van der Waals surface area (Å²) in [6, 6.07) is 0. The molecule has 0 saturated carbocycles. The van der Waals surface area contributed by atoms with Gasteiger partial charge in [-0.25, -0.2) is 0 Å². The van der Waals surface area contributed by atoms with E-state index in [9.17, 15) is 4.79 Å². The minimum absolute atomic E-state index is 0.155. The first-order valence-electron chi connectivity index (χ1n) is 2.88. The molecule has 1 saturated heterocycles. The number of Topliss-reactive ketones (excluding diaryl/α,β-unsaturated/α-hetero) is 1. The molecule has 0 aromatic heterocycles. The predicted molar refractivity (Wildman–Crippen MR) is 37.1 cm³/mol. The van der Waals surface area contributed by atoms with Gasteiger partial charge in [0, 0.05) is 6.54 Å². The van der Waals surface area contributed by atoms with Gasteiger partial charge >= 0.3 is 0 Å². The highest BCUT2D eigenvalue weighted by atomic mass is 31.0. The maximum Gasteiger partial charge on any atom is 0.172 e. The molecule has 0 aliphatic carbocycles. The van der Waals surface area contributed by atoms with E-state index in [0.717, 1.165) is 6.54 Å². The molecule has 52 valence electrons. The van der Waals surface area contributed by atoms with E-state index in [4.69, 9.17) is 4.74 Å². The Morgan fingerprint density at radius 1 is 1.67 bits per heavy atom. The largest absolute Gasteiger partial charge is 0.372 e. The van der Waals surface area contributed by atoms with Crippen LogP contribution < -0.4 is 0 Å². The molecule has 0 spiro atoms. The van der Waals surface area contributed by atoms with E-state index in [2.05, 4.69) is 9.39 Å². The quantitative estimate of drug-likeness (QED) is 0.440. The van der Waals surface area contributed by atoms with Crippen LogP contribution in [0.2, 0.25) is 0 Å². The number of carbonyl (C=O) groups excluding carboxylic acids is 1. The molecule has 1 heterocycles. The van der Waals surface area contributed by atoms with Gasteiger partial charge in [-0.1, -0.05) is 9.39 Å². The zero-order valence-corrected chi connectivity index (χ0v) is 6.32. The lowest BCUT2D eigenvalue weighted by molar-refractivity contribution is -0.121. The summed E-state index contributed by atoms with van der Waals surface area (Å²) in [5.74, 6) is 0.155. The summed E-state index contributed by atoms with van der Waals surface area (Å²) in [5.41, 5.74) is 0. The van der Waals surface area contributed by atoms with Gasteiger partial charge in [0.15, 0.2) is 5.78 Å². The van der Waals surface area contributed by atoms with Gasteiger partial charge in [-0.2, -0.15) is 0 Å². The summed E-state index contributed by atoms with van der Waals surface area (Å²) in [5, 5.41) is 0. The maximum atomic E-state index is 10.7. The molecule has 1 atom stereocenters.